The maximum atomic E-state index is 12.5. The Morgan fingerprint density at radius 2 is 1.83 bits per heavy atom. The zero-order valence-corrected chi connectivity index (χ0v) is 21.3. The fraction of sp³-hybridized carbons (Fsp3) is 0.360. The van der Waals surface area contributed by atoms with Crippen molar-refractivity contribution in [2.24, 2.45) is 0 Å². The van der Waals surface area contributed by atoms with Crippen LogP contribution < -0.4 is 20.1 Å². The number of nitrogens with one attached hydrogen (secondary N) is 2. The van der Waals surface area contributed by atoms with Crippen molar-refractivity contribution in [1.29, 1.82) is 0 Å². The second-order valence-electron chi connectivity index (χ2n) is 7.66. The molecule has 3 rings (SSSR count). The summed E-state index contributed by atoms with van der Waals surface area (Å²) in [6, 6.07) is 13.4. The maximum absolute atomic E-state index is 12.5. The Balaban J connectivity index is 1.55. The number of carbonyl (C=O) groups is 2. The Hall–Kier alpha value is -3.53. The molecule has 0 fully saturated rings. The van der Waals surface area contributed by atoms with Crippen molar-refractivity contribution in [2.75, 3.05) is 26.0 Å². The Kier molecular flexibility index (Phi) is 9.54. The number of hydrogen-bond donors (Lipinski definition) is 2. The monoisotopic (exact) mass is 497 g/mol. The highest BCUT2D eigenvalue weighted by Crippen LogP contribution is 2.28. The number of methoxy groups -OCH3 is 1. The quantitative estimate of drug-likeness (QED) is 0.370. The third-order valence-electron chi connectivity index (χ3n) is 5.20. The number of ether oxygens (including phenoxy) is 2. The molecule has 2 aromatic carbocycles. The van der Waals surface area contributed by atoms with Crippen LogP contribution in [0.15, 0.2) is 47.6 Å². The highest BCUT2D eigenvalue weighted by atomic mass is 32.2. The number of amides is 2. The number of benzene rings is 2. The van der Waals surface area contributed by atoms with Gasteiger partial charge in [-0.2, -0.15) is 0 Å². The first-order valence-electron chi connectivity index (χ1n) is 11.4. The lowest BCUT2D eigenvalue weighted by Gasteiger charge is -2.12. The molecule has 0 unspecified atom stereocenters. The van der Waals surface area contributed by atoms with Crippen LogP contribution >= 0.6 is 11.8 Å². The summed E-state index contributed by atoms with van der Waals surface area (Å²) >= 11 is 1.35. The van der Waals surface area contributed by atoms with Crippen LogP contribution in [0.2, 0.25) is 0 Å². The molecule has 0 saturated carbocycles. The minimum atomic E-state index is -0.201. The molecular weight excluding hydrogens is 466 g/mol. The topological polar surface area (TPSA) is 107 Å². The fourth-order valence-corrected chi connectivity index (χ4v) is 4.25. The Bertz CT molecular complexity index is 1160. The maximum Gasteiger partial charge on any atom is 0.257 e. The molecule has 0 aliphatic rings. The molecule has 3 aromatic rings. The largest absolute Gasteiger partial charge is 0.493 e. The summed E-state index contributed by atoms with van der Waals surface area (Å²) in [7, 11) is 1.53. The number of thioether (sulfide) groups is 1. The molecular formula is C25H31N5O4S. The van der Waals surface area contributed by atoms with E-state index in [9.17, 15) is 9.59 Å². The van der Waals surface area contributed by atoms with Gasteiger partial charge in [0.2, 0.25) is 5.91 Å². The molecule has 0 aliphatic heterocycles. The summed E-state index contributed by atoms with van der Waals surface area (Å²) in [6.45, 7) is 7.41. The van der Waals surface area contributed by atoms with Crippen LogP contribution in [0.25, 0.3) is 11.4 Å². The van der Waals surface area contributed by atoms with E-state index < -0.39 is 0 Å². The zero-order valence-electron chi connectivity index (χ0n) is 20.5. The highest BCUT2D eigenvalue weighted by Gasteiger charge is 2.16. The molecule has 0 radical (unpaired) electrons. The van der Waals surface area contributed by atoms with E-state index in [0.29, 0.717) is 36.3 Å². The number of aryl methyl sites for hydroxylation is 1. The predicted molar refractivity (Wildman–Crippen MR) is 136 cm³/mol. The van der Waals surface area contributed by atoms with Gasteiger partial charge < -0.3 is 24.7 Å². The summed E-state index contributed by atoms with van der Waals surface area (Å²) < 4.78 is 12.9. The molecule has 186 valence electrons. The Morgan fingerprint density at radius 3 is 2.54 bits per heavy atom. The van der Waals surface area contributed by atoms with Gasteiger partial charge in [-0.25, -0.2) is 0 Å². The van der Waals surface area contributed by atoms with Gasteiger partial charge in [0.15, 0.2) is 29.1 Å². The van der Waals surface area contributed by atoms with Gasteiger partial charge in [-0.3, -0.25) is 9.59 Å². The van der Waals surface area contributed by atoms with Crippen LogP contribution in [-0.4, -0.2) is 52.6 Å². The molecule has 0 saturated heterocycles. The summed E-state index contributed by atoms with van der Waals surface area (Å²) in [4.78, 5) is 24.1. The van der Waals surface area contributed by atoms with Crippen molar-refractivity contribution < 1.29 is 19.1 Å². The minimum absolute atomic E-state index is 0.0918. The van der Waals surface area contributed by atoms with E-state index in [1.165, 1.54) is 18.9 Å². The van der Waals surface area contributed by atoms with Gasteiger partial charge in [0.1, 0.15) is 0 Å². The first-order chi connectivity index (χ1) is 17.0. The lowest BCUT2D eigenvalue weighted by molar-refractivity contribution is -0.123. The Morgan fingerprint density at radius 1 is 1.03 bits per heavy atom. The molecule has 0 spiro atoms. The van der Waals surface area contributed by atoms with Crippen molar-refractivity contribution in [1.82, 2.24) is 25.4 Å². The van der Waals surface area contributed by atoms with E-state index in [1.54, 1.807) is 12.1 Å². The van der Waals surface area contributed by atoms with E-state index in [1.807, 2.05) is 55.7 Å². The van der Waals surface area contributed by atoms with Crippen LogP contribution in [0, 0.1) is 6.92 Å². The second kappa shape index (κ2) is 12.8. The van der Waals surface area contributed by atoms with Gasteiger partial charge in [-0.1, -0.05) is 42.1 Å². The van der Waals surface area contributed by atoms with Crippen molar-refractivity contribution in [3.63, 3.8) is 0 Å². The highest BCUT2D eigenvalue weighted by molar-refractivity contribution is 7.99. The third-order valence-corrected chi connectivity index (χ3v) is 6.17. The smallest absolute Gasteiger partial charge is 0.257 e. The lowest BCUT2D eigenvalue weighted by Crippen LogP contribution is -2.28. The van der Waals surface area contributed by atoms with E-state index in [2.05, 4.69) is 20.8 Å². The van der Waals surface area contributed by atoms with E-state index in [0.717, 1.165) is 22.5 Å². The number of likely N-dealkylation sites (N-methyl/N-ethyl adjacent to an activating group) is 1. The predicted octanol–water partition coefficient (Wildman–Crippen LogP) is 3.21. The molecule has 2 amide bonds. The summed E-state index contributed by atoms with van der Waals surface area (Å²) in [5.41, 5.74) is 3.01. The van der Waals surface area contributed by atoms with Gasteiger partial charge in [0.25, 0.3) is 5.91 Å². The van der Waals surface area contributed by atoms with Crippen LogP contribution in [0.4, 0.5) is 0 Å². The van der Waals surface area contributed by atoms with Gasteiger partial charge in [0, 0.05) is 25.2 Å². The molecule has 2 N–H and O–H groups in total. The first kappa shape index (κ1) is 26.1. The lowest BCUT2D eigenvalue weighted by atomic mass is 10.1. The van der Waals surface area contributed by atoms with Crippen LogP contribution in [0.5, 0.6) is 11.5 Å². The first-order valence-corrected chi connectivity index (χ1v) is 12.4. The molecule has 0 atom stereocenters. The average Bonchev–Trinajstić information content (AvgIpc) is 3.28. The summed E-state index contributed by atoms with van der Waals surface area (Å²) in [5.74, 6) is 1.66. The van der Waals surface area contributed by atoms with Gasteiger partial charge in [0.05, 0.1) is 12.9 Å². The number of hydrogen-bond acceptors (Lipinski definition) is 7. The molecule has 9 nitrogen and oxygen atoms in total. The van der Waals surface area contributed by atoms with E-state index in [4.69, 9.17) is 9.47 Å². The fourth-order valence-electron chi connectivity index (χ4n) is 3.42. The zero-order chi connectivity index (χ0) is 25.2. The summed E-state index contributed by atoms with van der Waals surface area (Å²) in [6.07, 6.45) is 0. The Labute approximate surface area is 209 Å². The van der Waals surface area contributed by atoms with Gasteiger partial charge in [-0.05, 0) is 44.0 Å². The molecule has 35 heavy (non-hydrogen) atoms. The SMILES string of the molecule is CCNC(=O)COc1ccc(CNC(=O)CSc2nnc(-c3ccccc3C)n2CC)cc1OC. The number of aromatic nitrogens is 3. The van der Waals surface area contributed by atoms with E-state index >= 15 is 0 Å². The van der Waals surface area contributed by atoms with Crippen molar-refractivity contribution in [3.05, 3.63) is 53.6 Å². The van der Waals surface area contributed by atoms with Gasteiger partial charge >= 0.3 is 0 Å². The third kappa shape index (κ3) is 6.98. The molecule has 10 heteroatoms. The summed E-state index contributed by atoms with van der Waals surface area (Å²) in [5, 5.41) is 15.0. The van der Waals surface area contributed by atoms with Crippen molar-refractivity contribution in [2.45, 2.75) is 39.0 Å². The van der Waals surface area contributed by atoms with Crippen LogP contribution in [0.1, 0.15) is 25.0 Å². The average molecular weight is 498 g/mol. The molecule has 1 aromatic heterocycles. The number of carbonyl (C=O) groups excluding carboxylic acids is 2. The van der Waals surface area contributed by atoms with Crippen LogP contribution in [-0.2, 0) is 22.7 Å². The van der Waals surface area contributed by atoms with E-state index in [-0.39, 0.29) is 24.2 Å². The van der Waals surface area contributed by atoms with Gasteiger partial charge in [-0.15, -0.1) is 10.2 Å². The van der Waals surface area contributed by atoms with Crippen molar-refractivity contribution in [3.8, 4) is 22.9 Å². The minimum Gasteiger partial charge on any atom is -0.493 e. The number of nitrogens with zero attached hydrogens (tertiary/aromatic N) is 3. The number of rotatable bonds is 12. The molecule has 0 bridgehead atoms. The standard InChI is InChI=1S/C25H31N5O4S/c1-5-26-22(31)15-34-20-12-11-18(13-21(20)33-4)14-27-23(32)16-35-25-29-28-24(30(25)6-2)19-10-8-7-9-17(19)3/h7-13H,5-6,14-16H2,1-4H3,(H,26,31)(H,27,32). The normalized spacial score (nSPS) is 10.6. The second-order valence-corrected chi connectivity index (χ2v) is 8.60. The van der Waals surface area contributed by atoms with Crippen LogP contribution in [0.3, 0.4) is 0 Å². The molecule has 1 heterocycles. The molecule has 0 aliphatic carbocycles. The van der Waals surface area contributed by atoms with Crippen molar-refractivity contribution >= 4 is 23.6 Å².